The number of anilines is 1. The molecule has 0 bridgehead atoms. The average molecular weight is 398 g/mol. The zero-order valence-corrected chi connectivity index (χ0v) is 16.9. The second-order valence-corrected chi connectivity index (χ2v) is 7.04. The normalized spacial score (nSPS) is 10.7. The first-order valence-corrected chi connectivity index (χ1v) is 9.95. The number of amides is 1. The molecule has 3 aromatic rings. The van der Waals surface area contributed by atoms with Crippen molar-refractivity contribution in [3.8, 4) is 5.69 Å². The summed E-state index contributed by atoms with van der Waals surface area (Å²) < 4.78 is 6.70. The lowest BCUT2D eigenvalue weighted by atomic mass is 10.2. The number of carbonyl (C=O) groups excluding carboxylic acids is 2. The maximum atomic E-state index is 12.7. The van der Waals surface area contributed by atoms with Crippen LogP contribution in [0.3, 0.4) is 0 Å². The molecule has 2 heterocycles. The summed E-state index contributed by atoms with van der Waals surface area (Å²) in [5.74, 6) is -0.606. The molecule has 0 aliphatic carbocycles. The van der Waals surface area contributed by atoms with Gasteiger partial charge in [-0.15, -0.1) is 11.3 Å². The molecule has 0 aliphatic heterocycles. The lowest BCUT2D eigenvalue weighted by Crippen LogP contribution is -2.14. The second kappa shape index (κ2) is 8.79. The van der Waals surface area contributed by atoms with Crippen molar-refractivity contribution in [3.63, 3.8) is 0 Å². The van der Waals surface area contributed by atoms with Crippen LogP contribution in [-0.4, -0.2) is 33.2 Å². The highest BCUT2D eigenvalue weighted by Gasteiger charge is 2.18. The topological polar surface area (TPSA) is 86.1 Å². The molecule has 0 fully saturated rings. The molecule has 0 aliphatic rings. The molecule has 1 amide bonds. The molecule has 0 unspecified atom stereocenters. The van der Waals surface area contributed by atoms with E-state index in [0.29, 0.717) is 29.4 Å². The highest BCUT2D eigenvalue weighted by Crippen LogP contribution is 2.20. The number of aromatic nitrogens is 3. The Morgan fingerprint density at radius 1 is 1.21 bits per heavy atom. The summed E-state index contributed by atoms with van der Waals surface area (Å²) in [6.07, 6.45) is 2.32. The molecule has 3 rings (SSSR count). The number of ether oxygens (including phenoxy) is 1. The first-order valence-electron chi connectivity index (χ1n) is 9.07. The Bertz CT molecular complexity index is 976. The maximum Gasteiger partial charge on any atom is 0.311 e. The molecule has 0 radical (unpaired) electrons. The third-order valence-corrected chi connectivity index (χ3v) is 4.94. The highest BCUT2D eigenvalue weighted by atomic mass is 32.1. The van der Waals surface area contributed by atoms with E-state index in [0.717, 1.165) is 16.9 Å². The molecule has 0 spiro atoms. The molecule has 2 aromatic heterocycles. The van der Waals surface area contributed by atoms with Gasteiger partial charge in [-0.3, -0.25) is 14.9 Å². The van der Waals surface area contributed by atoms with Gasteiger partial charge < -0.3 is 4.74 Å². The number of hydrogen-bond acceptors (Lipinski definition) is 6. The van der Waals surface area contributed by atoms with Crippen molar-refractivity contribution in [1.82, 2.24) is 14.8 Å². The van der Waals surface area contributed by atoms with E-state index in [-0.39, 0.29) is 18.3 Å². The van der Waals surface area contributed by atoms with Gasteiger partial charge in [0.1, 0.15) is 0 Å². The summed E-state index contributed by atoms with van der Waals surface area (Å²) in [5, 5.41) is 9.37. The Kier molecular flexibility index (Phi) is 6.20. The number of esters is 1. The fourth-order valence-corrected chi connectivity index (χ4v) is 3.49. The quantitative estimate of drug-likeness (QED) is 0.615. The van der Waals surface area contributed by atoms with Crippen molar-refractivity contribution < 1.29 is 14.3 Å². The van der Waals surface area contributed by atoms with Gasteiger partial charge in [-0.05, 0) is 32.4 Å². The van der Waals surface area contributed by atoms with Gasteiger partial charge in [0, 0.05) is 5.38 Å². The molecular formula is C20H22N4O3S. The average Bonchev–Trinajstić information content (AvgIpc) is 3.29. The highest BCUT2D eigenvalue weighted by molar-refractivity contribution is 7.14. The fourth-order valence-electron chi connectivity index (χ4n) is 2.78. The fraction of sp³-hybridized carbons (Fsp3) is 0.300. The Balaban J connectivity index is 1.75. The van der Waals surface area contributed by atoms with Gasteiger partial charge in [0.25, 0.3) is 5.91 Å². The Morgan fingerprint density at radius 2 is 1.96 bits per heavy atom. The van der Waals surface area contributed by atoms with Gasteiger partial charge in [-0.2, -0.15) is 5.10 Å². The minimum absolute atomic E-state index is 0.0891. The van der Waals surface area contributed by atoms with Crippen LogP contribution in [0, 0.1) is 6.92 Å². The summed E-state index contributed by atoms with van der Waals surface area (Å²) in [7, 11) is 0. The summed E-state index contributed by atoms with van der Waals surface area (Å²) in [6, 6.07) is 7.98. The van der Waals surface area contributed by atoms with Gasteiger partial charge in [-0.1, -0.05) is 24.6 Å². The Labute approximate surface area is 167 Å². The van der Waals surface area contributed by atoms with Crippen molar-refractivity contribution >= 4 is 28.3 Å². The molecule has 146 valence electrons. The predicted octanol–water partition coefficient (Wildman–Crippen LogP) is 3.56. The van der Waals surface area contributed by atoms with Gasteiger partial charge in [0.2, 0.25) is 0 Å². The zero-order chi connectivity index (χ0) is 20.1. The Morgan fingerprint density at radius 3 is 2.64 bits per heavy atom. The number of rotatable bonds is 7. The third-order valence-electron chi connectivity index (χ3n) is 4.13. The minimum atomic E-state index is -0.335. The molecule has 7 nitrogen and oxygen atoms in total. The van der Waals surface area contributed by atoms with E-state index < -0.39 is 0 Å². The summed E-state index contributed by atoms with van der Waals surface area (Å²) in [5.41, 5.74) is 3.97. The van der Waals surface area contributed by atoms with Crippen LogP contribution in [0.4, 0.5) is 5.13 Å². The van der Waals surface area contributed by atoms with Crippen molar-refractivity contribution in [2.75, 3.05) is 11.9 Å². The van der Waals surface area contributed by atoms with Crippen LogP contribution >= 0.6 is 11.3 Å². The number of nitrogens with zero attached hydrogens (tertiary/aromatic N) is 3. The number of aryl methyl sites for hydroxylation is 1. The van der Waals surface area contributed by atoms with Crippen LogP contribution in [0.1, 0.15) is 41.2 Å². The minimum Gasteiger partial charge on any atom is -0.466 e. The van der Waals surface area contributed by atoms with E-state index in [1.165, 1.54) is 11.3 Å². The number of nitrogens with one attached hydrogen (secondary N) is 1. The van der Waals surface area contributed by atoms with E-state index in [4.69, 9.17) is 4.74 Å². The maximum absolute atomic E-state index is 12.7. The van der Waals surface area contributed by atoms with Gasteiger partial charge >= 0.3 is 5.97 Å². The molecule has 28 heavy (non-hydrogen) atoms. The lowest BCUT2D eigenvalue weighted by Gasteiger charge is -2.08. The van der Waals surface area contributed by atoms with E-state index in [1.54, 1.807) is 23.2 Å². The van der Waals surface area contributed by atoms with Crippen molar-refractivity contribution in [3.05, 3.63) is 58.4 Å². The molecule has 1 N–H and O–H groups in total. The number of thiazole rings is 1. The van der Waals surface area contributed by atoms with Gasteiger partial charge in [0.15, 0.2) is 5.13 Å². The molecule has 0 saturated heterocycles. The summed E-state index contributed by atoms with van der Waals surface area (Å²) in [6.45, 7) is 6.10. The van der Waals surface area contributed by atoms with Crippen molar-refractivity contribution in [1.29, 1.82) is 0 Å². The largest absolute Gasteiger partial charge is 0.466 e. The van der Waals surface area contributed by atoms with Crippen LogP contribution in [0.15, 0.2) is 35.8 Å². The van der Waals surface area contributed by atoms with E-state index in [9.17, 15) is 9.59 Å². The van der Waals surface area contributed by atoms with Crippen LogP contribution in [0.5, 0.6) is 0 Å². The smallest absolute Gasteiger partial charge is 0.311 e. The number of hydrogen-bond donors (Lipinski definition) is 1. The standard InChI is InChI=1S/C20H22N4O3S/c1-4-17-16(11-21-24(17)15-8-6-13(3)7-9-15)19(26)23-20-22-14(12-28-20)10-18(25)27-5-2/h6-9,11-12H,4-5,10H2,1-3H3,(H,22,23,26). The van der Waals surface area contributed by atoms with Crippen molar-refractivity contribution in [2.45, 2.75) is 33.6 Å². The van der Waals surface area contributed by atoms with Crippen LogP contribution in [0.2, 0.25) is 0 Å². The first-order chi connectivity index (χ1) is 13.5. The van der Waals surface area contributed by atoms with Crippen molar-refractivity contribution in [2.24, 2.45) is 0 Å². The van der Waals surface area contributed by atoms with Gasteiger partial charge in [0.05, 0.1) is 41.9 Å². The van der Waals surface area contributed by atoms with E-state index in [2.05, 4.69) is 15.4 Å². The van der Waals surface area contributed by atoms with Crippen LogP contribution in [0.25, 0.3) is 5.69 Å². The number of carbonyl (C=O) groups is 2. The predicted molar refractivity (Wildman–Crippen MR) is 108 cm³/mol. The summed E-state index contributed by atoms with van der Waals surface area (Å²) >= 11 is 1.27. The first kappa shape index (κ1) is 19.8. The number of benzene rings is 1. The van der Waals surface area contributed by atoms with Crippen LogP contribution in [-0.2, 0) is 22.4 Å². The Hall–Kier alpha value is -3.00. The van der Waals surface area contributed by atoms with E-state index >= 15 is 0 Å². The third kappa shape index (κ3) is 4.45. The molecule has 8 heteroatoms. The SMILES string of the molecule is CCOC(=O)Cc1csc(NC(=O)c2cnn(-c3ccc(C)cc3)c2CC)n1. The summed E-state index contributed by atoms with van der Waals surface area (Å²) in [4.78, 5) is 28.6. The van der Waals surface area contributed by atoms with Gasteiger partial charge in [-0.25, -0.2) is 9.67 Å². The monoisotopic (exact) mass is 398 g/mol. The lowest BCUT2D eigenvalue weighted by molar-refractivity contribution is -0.142. The van der Waals surface area contributed by atoms with Crippen LogP contribution < -0.4 is 5.32 Å². The molecule has 1 aromatic carbocycles. The molecule has 0 atom stereocenters. The second-order valence-electron chi connectivity index (χ2n) is 6.19. The van der Waals surface area contributed by atoms with E-state index in [1.807, 2.05) is 38.1 Å². The molecular weight excluding hydrogens is 376 g/mol. The zero-order valence-electron chi connectivity index (χ0n) is 16.1. The molecule has 0 saturated carbocycles.